The van der Waals surface area contributed by atoms with E-state index in [1.54, 1.807) is 35.7 Å². The molecule has 3 rings (SSSR count). The summed E-state index contributed by atoms with van der Waals surface area (Å²) >= 11 is 19.0. The van der Waals surface area contributed by atoms with Crippen molar-refractivity contribution in [1.29, 1.82) is 0 Å². The lowest BCUT2D eigenvalue weighted by Crippen LogP contribution is -2.12. The Morgan fingerprint density at radius 1 is 1.00 bits per heavy atom. The number of carbonyl (C=O) groups is 1. The zero-order valence-corrected chi connectivity index (χ0v) is 15.1. The van der Waals surface area contributed by atoms with Gasteiger partial charge in [-0.3, -0.25) is 4.79 Å². The molecule has 24 heavy (non-hydrogen) atoms. The first-order valence-corrected chi connectivity index (χ1v) is 8.77. The Balaban J connectivity index is 1.70. The number of halogens is 3. The minimum absolute atomic E-state index is 0.301. The van der Waals surface area contributed by atoms with E-state index in [0.29, 0.717) is 31.6 Å². The van der Waals surface area contributed by atoms with Gasteiger partial charge in [0.15, 0.2) is 5.13 Å². The van der Waals surface area contributed by atoms with Crippen LogP contribution in [0.2, 0.25) is 15.1 Å². The summed E-state index contributed by atoms with van der Waals surface area (Å²) in [7, 11) is 0. The molecular weight excluding hydrogens is 389 g/mol. The molecule has 2 N–H and O–H groups in total. The molecule has 2 aromatic carbocycles. The molecule has 1 aromatic heterocycles. The molecule has 0 bridgehead atoms. The van der Waals surface area contributed by atoms with Gasteiger partial charge in [-0.1, -0.05) is 40.9 Å². The Kier molecular flexibility index (Phi) is 5.26. The minimum Gasteiger partial charge on any atom is -0.331 e. The summed E-state index contributed by atoms with van der Waals surface area (Å²) in [6.07, 6.45) is 0. The number of nitrogens with zero attached hydrogens (tertiary/aromatic N) is 1. The van der Waals surface area contributed by atoms with Gasteiger partial charge >= 0.3 is 0 Å². The van der Waals surface area contributed by atoms with Crippen LogP contribution in [0.1, 0.15) is 10.5 Å². The van der Waals surface area contributed by atoms with Crippen LogP contribution in [0.4, 0.5) is 16.5 Å². The van der Waals surface area contributed by atoms with Crippen molar-refractivity contribution in [2.45, 2.75) is 0 Å². The van der Waals surface area contributed by atoms with Crippen molar-refractivity contribution in [1.82, 2.24) is 4.98 Å². The first kappa shape index (κ1) is 17.0. The normalized spacial score (nSPS) is 10.5. The third kappa shape index (κ3) is 4.19. The molecule has 0 unspecified atom stereocenters. The Morgan fingerprint density at radius 3 is 2.58 bits per heavy atom. The zero-order chi connectivity index (χ0) is 17.1. The maximum absolute atomic E-state index is 12.2. The molecule has 8 heteroatoms. The van der Waals surface area contributed by atoms with Crippen molar-refractivity contribution in [2.24, 2.45) is 0 Å². The van der Waals surface area contributed by atoms with Gasteiger partial charge in [0.25, 0.3) is 5.91 Å². The van der Waals surface area contributed by atoms with Gasteiger partial charge in [0.1, 0.15) is 5.69 Å². The molecule has 1 amide bonds. The maximum Gasteiger partial charge on any atom is 0.275 e. The Hall–Kier alpha value is -1.79. The molecule has 0 aliphatic carbocycles. The molecule has 4 nitrogen and oxygen atoms in total. The Bertz CT molecular complexity index is 898. The van der Waals surface area contributed by atoms with Gasteiger partial charge in [0, 0.05) is 21.8 Å². The maximum atomic E-state index is 12.2. The lowest BCUT2D eigenvalue weighted by molar-refractivity contribution is 0.102. The van der Waals surface area contributed by atoms with Crippen molar-refractivity contribution >= 4 is 68.6 Å². The van der Waals surface area contributed by atoms with Crippen LogP contribution in [0.5, 0.6) is 0 Å². The summed E-state index contributed by atoms with van der Waals surface area (Å²) < 4.78 is 0. The van der Waals surface area contributed by atoms with Crippen LogP contribution in [0.3, 0.4) is 0 Å². The smallest absolute Gasteiger partial charge is 0.275 e. The molecule has 0 fully saturated rings. The van der Waals surface area contributed by atoms with Gasteiger partial charge in [-0.15, -0.1) is 11.3 Å². The van der Waals surface area contributed by atoms with E-state index in [9.17, 15) is 4.79 Å². The number of thiazole rings is 1. The highest BCUT2D eigenvalue weighted by molar-refractivity contribution is 7.14. The minimum atomic E-state index is -0.330. The Morgan fingerprint density at radius 2 is 1.83 bits per heavy atom. The number of hydrogen-bond donors (Lipinski definition) is 2. The van der Waals surface area contributed by atoms with Crippen LogP contribution < -0.4 is 10.6 Å². The molecule has 0 aliphatic heterocycles. The predicted octanol–water partition coefficient (Wildman–Crippen LogP) is 6.10. The third-order valence-corrected chi connectivity index (χ3v) is 4.72. The average Bonchev–Trinajstić information content (AvgIpc) is 2.99. The van der Waals surface area contributed by atoms with Crippen molar-refractivity contribution in [3.05, 3.63) is 68.6 Å². The number of amides is 1. The van der Waals surface area contributed by atoms with Crippen molar-refractivity contribution in [3.63, 3.8) is 0 Å². The standard InChI is InChI=1S/C16H10Cl3N3OS/c17-9-2-1-3-10(6-9)21-16-22-14(8-24-16)15(23)20-11-4-5-12(18)13(19)7-11/h1-8H,(H,20,23)(H,21,22). The van der Waals surface area contributed by atoms with E-state index >= 15 is 0 Å². The monoisotopic (exact) mass is 397 g/mol. The molecule has 0 aliphatic rings. The van der Waals surface area contributed by atoms with Crippen molar-refractivity contribution in [2.75, 3.05) is 10.6 Å². The second-order valence-electron chi connectivity index (χ2n) is 4.76. The summed E-state index contributed by atoms with van der Waals surface area (Å²) in [6.45, 7) is 0. The lowest BCUT2D eigenvalue weighted by atomic mass is 10.3. The number of benzene rings is 2. The molecule has 0 atom stereocenters. The Labute approximate surface area is 157 Å². The fraction of sp³-hybridized carbons (Fsp3) is 0. The summed E-state index contributed by atoms with van der Waals surface area (Å²) in [4.78, 5) is 16.5. The van der Waals surface area contributed by atoms with E-state index in [1.807, 2.05) is 12.1 Å². The molecule has 0 saturated carbocycles. The van der Waals surface area contributed by atoms with Gasteiger partial charge in [-0.05, 0) is 36.4 Å². The number of anilines is 3. The number of rotatable bonds is 4. The van der Waals surface area contributed by atoms with Gasteiger partial charge in [-0.2, -0.15) is 0 Å². The summed E-state index contributed by atoms with van der Waals surface area (Å²) in [5, 5.41) is 9.51. The molecule has 122 valence electrons. The van der Waals surface area contributed by atoms with E-state index in [-0.39, 0.29) is 5.91 Å². The van der Waals surface area contributed by atoms with Crippen LogP contribution in [-0.4, -0.2) is 10.9 Å². The topological polar surface area (TPSA) is 54.0 Å². The number of nitrogens with one attached hydrogen (secondary N) is 2. The van der Waals surface area contributed by atoms with Gasteiger partial charge < -0.3 is 10.6 Å². The van der Waals surface area contributed by atoms with Crippen LogP contribution in [-0.2, 0) is 0 Å². The molecule has 0 spiro atoms. The predicted molar refractivity (Wildman–Crippen MR) is 101 cm³/mol. The second-order valence-corrected chi connectivity index (χ2v) is 6.87. The highest BCUT2D eigenvalue weighted by atomic mass is 35.5. The third-order valence-electron chi connectivity index (χ3n) is 2.99. The molecule has 3 aromatic rings. The van der Waals surface area contributed by atoms with E-state index in [2.05, 4.69) is 15.6 Å². The number of aromatic nitrogens is 1. The summed E-state index contributed by atoms with van der Waals surface area (Å²) in [5.41, 5.74) is 1.65. The summed E-state index contributed by atoms with van der Waals surface area (Å²) in [6, 6.07) is 12.1. The van der Waals surface area contributed by atoms with Gasteiger partial charge in [0.2, 0.25) is 0 Å². The zero-order valence-electron chi connectivity index (χ0n) is 12.0. The highest BCUT2D eigenvalue weighted by Crippen LogP contribution is 2.26. The van der Waals surface area contributed by atoms with Crippen molar-refractivity contribution < 1.29 is 4.79 Å². The average molecular weight is 399 g/mol. The fourth-order valence-electron chi connectivity index (χ4n) is 1.89. The first-order chi connectivity index (χ1) is 11.5. The van der Waals surface area contributed by atoms with Crippen LogP contribution in [0.25, 0.3) is 0 Å². The quantitative estimate of drug-likeness (QED) is 0.558. The molecule has 0 radical (unpaired) electrons. The summed E-state index contributed by atoms with van der Waals surface area (Å²) in [5.74, 6) is -0.330. The largest absolute Gasteiger partial charge is 0.331 e. The molecular formula is C16H10Cl3N3OS. The van der Waals surface area contributed by atoms with E-state index in [0.717, 1.165) is 5.69 Å². The van der Waals surface area contributed by atoms with Crippen LogP contribution in [0.15, 0.2) is 47.8 Å². The number of carbonyl (C=O) groups excluding carboxylic acids is 1. The lowest BCUT2D eigenvalue weighted by Gasteiger charge is -2.05. The van der Waals surface area contributed by atoms with Gasteiger partial charge in [0.05, 0.1) is 10.0 Å². The number of hydrogen-bond acceptors (Lipinski definition) is 4. The van der Waals surface area contributed by atoms with E-state index < -0.39 is 0 Å². The SMILES string of the molecule is O=C(Nc1ccc(Cl)c(Cl)c1)c1csc(Nc2cccc(Cl)c2)n1. The fourth-order valence-corrected chi connectivity index (χ4v) is 3.09. The first-order valence-electron chi connectivity index (χ1n) is 6.76. The van der Waals surface area contributed by atoms with E-state index in [1.165, 1.54) is 11.3 Å². The van der Waals surface area contributed by atoms with Gasteiger partial charge in [-0.25, -0.2) is 4.98 Å². The van der Waals surface area contributed by atoms with Crippen LogP contribution in [0, 0.1) is 0 Å². The second kappa shape index (κ2) is 7.40. The van der Waals surface area contributed by atoms with E-state index in [4.69, 9.17) is 34.8 Å². The molecule has 1 heterocycles. The van der Waals surface area contributed by atoms with Crippen LogP contribution >= 0.6 is 46.1 Å². The van der Waals surface area contributed by atoms with Crippen molar-refractivity contribution in [3.8, 4) is 0 Å². The molecule has 0 saturated heterocycles. The highest BCUT2D eigenvalue weighted by Gasteiger charge is 2.12.